The van der Waals surface area contributed by atoms with Gasteiger partial charge in [-0.15, -0.1) is 0 Å². The van der Waals surface area contributed by atoms with Crippen molar-refractivity contribution in [3.63, 3.8) is 0 Å². The van der Waals surface area contributed by atoms with Gasteiger partial charge in [0.15, 0.2) is 0 Å². The van der Waals surface area contributed by atoms with E-state index in [9.17, 15) is 12.8 Å². The molecule has 0 aliphatic carbocycles. The highest BCUT2D eigenvalue weighted by Crippen LogP contribution is 2.39. The molecule has 3 rings (SSSR count). The van der Waals surface area contributed by atoms with Crippen LogP contribution in [0.3, 0.4) is 0 Å². The maximum atomic E-state index is 13.3. The van der Waals surface area contributed by atoms with Crippen molar-refractivity contribution in [3.8, 4) is 0 Å². The van der Waals surface area contributed by atoms with E-state index in [2.05, 4.69) is 18.0 Å². The standard InChI is InChI=1S/C20H26FN3O2S/c1-5-7-15-12-16-14-23(18-10-8-17(21)9-11-18)22(3)19(16)13-20(15)24(6-2)27(4,25)26/h8-13H,5-7,14H2,1-4H3. The van der Waals surface area contributed by atoms with E-state index in [1.165, 1.54) is 22.7 Å². The Kier molecular flexibility index (Phi) is 5.33. The Morgan fingerprint density at radius 2 is 1.81 bits per heavy atom. The Bertz CT molecular complexity index is 929. The lowest BCUT2D eigenvalue weighted by Crippen LogP contribution is -2.34. The van der Waals surface area contributed by atoms with Gasteiger partial charge in [-0.05, 0) is 60.9 Å². The molecule has 0 saturated carbocycles. The number of halogens is 1. The van der Waals surface area contributed by atoms with E-state index in [4.69, 9.17) is 0 Å². The van der Waals surface area contributed by atoms with Gasteiger partial charge < -0.3 is 0 Å². The van der Waals surface area contributed by atoms with Crippen molar-refractivity contribution in [2.45, 2.75) is 33.2 Å². The maximum absolute atomic E-state index is 13.3. The van der Waals surface area contributed by atoms with Crippen LogP contribution in [-0.4, -0.2) is 28.3 Å². The summed E-state index contributed by atoms with van der Waals surface area (Å²) >= 11 is 0. The van der Waals surface area contributed by atoms with Gasteiger partial charge >= 0.3 is 0 Å². The summed E-state index contributed by atoms with van der Waals surface area (Å²) in [5, 5.41) is 4.05. The second kappa shape index (κ2) is 7.38. The van der Waals surface area contributed by atoms with Crippen LogP contribution in [0.5, 0.6) is 0 Å². The molecule has 5 nitrogen and oxygen atoms in total. The second-order valence-corrected chi connectivity index (χ2v) is 8.75. The SMILES string of the molecule is CCCc1cc2c(cc1N(CC)S(C)(=O)=O)N(C)N(c1ccc(F)cc1)C2. The highest BCUT2D eigenvalue weighted by atomic mass is 32.2. The van der Waals surface area contributed by atoms with Gasteiger partial charge in [-0.1, -0.05) is 13.3 Å². The van der Waals surface area contributed by atoms with E-state index >= 15 is 0 Å². The summed E-state index contributed by atoms with van der Waals surface area (Å²) in [6.07, 6.45) is 2.99. The molecule has 1 heterocycles. The maximum Gasteiger partial charge on any atom is 0.232 e. The first-order chi connectivity index (χ1) is 12.8. The number of hydrazine groups is 1. The highest BCUT2D eigenvalue weighted by molar-refractivity contribution is 7.92. The number of aryl methyl sites for hydroxylation is 1. The van der Waals surface area contributed by atoms with Crippen LogP contribution in [0.4, 0.5) is 21.5 Å². The zero-order chi connectivity index (χ0) is 19.8. The van der Waals surface area contributed by atoms with Crippen LogP contribution in [0.15, 0.2) is 36.4 Å². The van der Waals surface area contributed by atoms with Crippen LogP contribution in [-0.2, 0) is 23.0 Å². The van der Waals surface area contributed by atoms with Crippen molar-refractivity contribution in [3.05, 3.63) is 53.3 Å². The Morgan fingerprint density at radius 1 is 1.15 bits per heavy atom. The molecule has 0 spiro atoms. The summed E-state index contributed by atoms with van der Waals surface area (Å²) in [4.78, 5) is 0. The van der Waals surface area contributed by atoms with Gasteiger partial charge in [-0.3, -0.25) is 14.3 Å². The van der Waals surface area contributed by atoms with Crippen LogP contribution < -0.4 is 14.3 Å². The molecule has 0 amide bonds. The first-order valence-electron chi connectivity index (χ1n) is 9.16. The molecule has 146 valence electrons. The van der Waals surface area contributed by atoms with Gasteiger partial charge in [0.2, 0.25) is 10.0 Å². The molecule has 0 bridgehead atoms. The van der Waals surface area contributed by atoms with Crippen LogP contribution in [0.25, 0.3) is 0 Å². The summed E-state index contributed by atoms with van der Waals surface area (Å²) in [6.45, 7) is 4.99. The van der Waals surface area contributed by atoms with Gasteiger partial charge in [0, 0.05) is 13.6 Å². The molecular formula is C20H26FN3O2S. The molecule has 0 N–H and O–H groups in total. The van der Waals surface area contributed by atoms with Crippen molar-refractivity contribution in [1.82, 2.24) is 0 Å². The molecule has 0 atom stereocenters. The van der Waals surface area contributed by atoms with Crippen LogP contribution >= 0.6 is 0 Å². The van der Waals surface area contributed by atoms with Crippen molar-refractivity contribution < 1.29 is 12.8 Å². The number of hydrogen-bond acceptors (Lipinski definition) is 4. The van der Waals surface area contributed by atoms with Crippen LogP contribution in [0.1, 0.15) is 31.4 Å². The number of nitrogens with zero attached hydrogens (tertiary/aromatic N) is 3. The molecule has 2 aromatic carbocycles. The number of benzene rings is 2. The number of rotatable bonds is 6. The zero-order valence-corrected chi connectivity index (χ0v) is 17.1. The highest BCUT2D eigenvalue weighted by Gasteiger charge is 2.28. The topological polar surface area (TPSA) is 43.9 Å². The Morgan fingerprint density at radius 3 is 2.37 bits per heavy atom. The second-order valence-electron chi connectivity index (χ2n) is 6.85. The normalized spacial score (nSPS) is 13.8. The van der Waals surface area contributed by atoms with Gasteiger partial charge in [0.1, 0.15) is 5.82 Å². The molecule has 2 aromatic rings. The van der Waals surface area contributed by atoms with E-state index in [-0.39, 0.29) is 5.82 Å². The predicted octanol–water partition coefficient (Wildman–Crippen LogP) is 3.94. The van der Waals surface area contributed by atoms with Crippen LogP contribution in [0, 0.1) is 5.82 Å². The summed E-state index contributed by atoms with van der Waals surface area (Å²) < 4.78 is 39.3. The third-order valence-electron chi connectivity index (χ3n) is 4.91. The predicted molar refractivity (Wildman–Crippen MR) is 109 cm³/mol. The van der Waals surface area contributed by atoms with E-state index in [0.717, 1.165) is 41.0 Å². The zero-order valence-electron chi connectivity index (χ0n) is 16.2. The Hall–Kier alpha value is -2.28. The largest absolute Gasteiger partial charge is 0.288 e. The minimum absolute atomic E-state index is 0.266. The summed E-state index contributed by atoms with van der Waals surface area (Å²) in [5.74, 6) is -0.266. The minimum atomic E-state index is -3.35. The fraction of sp³-hybridized carbons (Fsp3) is 0.400. The van der Waals surface area contributed by atoms with Crippen molar-refractivity contribution >= 4 is 27.1 Å². The van der Waals surface area contributed by atoms with Crippen LogP contribution in [0.2, 0.25) is 0 Å². The summed E-state index contributed by atoms with van der Waals surface area (Å²) in [5.41, 5.74) is 4.78. The Labute approximate surface area is 161 Å². The summed E-state index contributed by atoms with van der Waals surface area (Å²) in [7, 11) is -1.41. The lowest BCUT2D eigenvalue weighted by Gasteiger charge is -2.29. The van der Waals surface area contributed by atoms with E-state index in [0.29, 0.717) is 13.1 Å². The van der Waals surface area contributed by atoms with E-state index < -0.39 is 10.0 Å². The number of hydrogen-bond donors (Lipinski definition) is 0. The third-order valence-corrected chi connectivity index (χ3v) is 6.17. The molecule has 7 heteroatoms. The van der Waals surface area contributed by atoms with Gasteiger partial charge in [0.25, 0.3) is 0 Å². The molecule has 27 heavy (non-hydrogen) atoms. The monoisotopic (exact) mass is 391 g/mol. The smallest absolute Gasteiger partial charge is 0.232 e. The number of sulfonamides is 1. The molecule has 0 saturated heterocycles. The molecule has 1 aliphatic heterocycles. The molecule has 0 aromatic heterocycles. The molecule has 0 radical (unpaired) electrons. The van der Waals surface area contributed by atoms with Gasteiger partial charge in [-0.25, -0.2) is 12.8 Å². The first kappa shape index (κ1) is 19.5. The van der Waals surface area contributed by atoms with E-state index in [1.807, 2.05) is 25.0 Å². The van der Waals surface area contributed by atoms with Crippen molar-refractivity contribution in [1.29, 1.82) is 0 Å². The molecule has 1 aliphatic rings. The number of fused-ring (bicyclic) bond motifs is 1. The third kappa shape index (κ3) is 3.74. The Balaban J connectivity index is 2.06. The average Bonchev–Trinajstić information content (AvgIpc) is 2.92. The first-order valence-corrected chi connectivity index (χ1v) is 11.0. The lowest BCUT2D eigenvalue weighted by atomic mass is 10.0. The fourth-order valence-corrected chi connectivity index (χ4v) is 4.66. The van der Waals surface area contributed by atoms with Crippen molar-refractivity contribution in [2.24, 2.45) is 0 Å². The van der Waals surface area contributed by atoms with Gasteiger partial charge in [-0.2, -0.15) is 0 Å². The molecular weight excluding hydrogens is 365 g/mol. The molecule has 0 unspecified atom stereocenters. The number of anilines is 3. The fourth-order valence-electron chi connectivity index (χ4n) is 3.66. The lowest BCUT2D eigenvalue weighted by molar-refractivity contribution is 0.597. The van der Waals surface area contributed by atoms with Crippen molar-refractivity contribution in [2.75, 3.05) is 34.2 Å². The average molecular weight is 392 g/mol. The van der Waals surface area contributed by atoms with E-state index in [1.54, 1.807) is 12.1 Å². The molecule has 0 fully saturated rings. The van der Waals surface area contributed by atoms with Gasteiger partial charge in [0.05, 0.1) is 29.9 Å². The minimum Gasteiger partial charge on any atom is -0.288 e. The quantitative estimate of drug-likeness (QED) is 0.748. The summed E-state index contributed by atoms with van der Waals surface area (Å²) in [6, 6.07) is 10.5.